The molecule has 1 aromatic heterocycles. The summed E-state index contributed by atoms with van der Waals surface area (Å²) in [5.74, 6) is -0.685. The lowest BCUT2D eigenvalue weighted by Crippen LogP contribution is -2.24. The van der Waals surface area contributed by atoms with Crippen molar-refractivity contribution in [2.45, 2.75) is 19.9 Å². The number of nitrogens with zero attached hydrogens (tertiary/aromatic N) is 1. The van der Waals surface area contributed by atoms with Crippen LogP contribution in [0.15, 0.2) is 29.1 Å². The predicted molar refractivity (Wildman–Crippen MR) is 73.7 cm³/mol. The zero-order chi connectivity index (χ0) is 14.9. The molecule has 0 radical (unpaired) electrons. The SMILES string of the molecule is CC(C)C(N)c1nc(O)c(-c2cccc(F)c2)c(=O)[nH]1. The highest BCUT2D eigenvalue weighted by atomic mass is 19.1. The zero-order valence-electron chi connectivity index (χ0n) is 11.2. The first-order chi connectivity index (χ1) is 9.40. The molecule has 1 unspecified atom stereocenters. The monoisotopic (exact) mass is 277 g/mol. The van der Waals surface area contributed by atoms with Crippen molar-refractivity contribution < 1.29 is 9.50 Å². The lowest BCUT2D eigenvalue weighted by Gasteiger charge is -2.15. The Labute approximate surface area is 115 Å². The predicted octanol–water partition coefficient (Wildman–Crippen LogP) is 1.94. The Balaban J connectivity index is 2.55. The molecule has 0 saturated heterocycles. The molecule has 1 heterocycles. The fourth-order valence-electron chi connectivity index (χ4n) is 1.86. The quantitative estimate of drug-likeness (QED) is 0.799. The van der Waals surface area contributed by atoms with Gasteiger partial charge in [-0.3, -0.25) is 4.79 Å². The molecule has 0 bridgehead atoms. The van der Waals surface area contributed by atoms with E-state index < -0.39 is 23.3 Å². The maximum absolute atomic E-state index is 13.2. The van der Waals surface area contributed by atoms with Crippen LogP contribution in [0.5, 0.6) is 5.88 Å². The second-order valence-electron chi connectivity index (χ2n) is 4.93. The third kappa shape index (κ3) is 2.70. The molecule has 0 amide bonds. The molecule has 1 aromatic carbocycles. The van der Waals surface area contributed by atoms with Gasteiger partial charge in [0.2, 0.25) is 5.88 Å². The highest BCUT2D eigenvalue weighted by Crippen LogP contribution is 2.25. The number of hydrogen-bond acceptors (Lipinski definition) is 4. The molecule has 6 heteroatoms. The van der Waals surface area contributed by atoms with Crippen molar-refractivity contribution >= 4 is 0 Å². The van der Waals surface area contributed by atoms with Gasteiger partial charge >= 0.3 is 0 Å². The van der Waals surface area contributed by atoms with Crippen molar-refractivity contribution in [2.24, 2.45) is 11.7 Å². The molecule has 0 saturated carbocycles. The highest BCUT2D eigenvalue weighted by Gasteiger charge is 2.18. The normalized spacial score (nSPS) is 12.7. The number of rotatable bonds is 3. The van der Waals surface area contributed by atoms with E-state index in [0.717, 1.165) is 6.07 Å². The number of nitrogens with one attached hydrogen (secondary N) is 1. The van der Waals surface area contributed by atoms with E-state index in [1.807, 2.05) is 13.8 Å². The van der Waals surface area contributed by atoms with Gasteiger partial charge in [0, 0.05) is 0 Å². The third-order valence-electron chi connectivity index (χ3n) is 3.07. The van der Waals surface area contributed by atoms with Crippen molar-refractivity contribution in [2.75, 3.05) is 0 Å². The van der Waals surface area contributed by atoms with Crippen molar-refractivity contribution in [1.82, 2.24) is 9.97 Å². The van der Waals surface area contributed by atoms with Crippen LogP contribution in [0.25, 0.3) is 11.1 Å². The number of aromatic amines is 1. The molecule has 5 nitrogen and oxygen atoms in total. The van der Waals surface area contributed by atoms with Gasteiger partial charge in [-0.15, -0.1) is 0 Å². The maximum atomic E-state index is 13.2. The molecule has 2 aromatic rings. The Morgan fingerprint density at radius 3 is 2.65 bits per heavy atom. The van der Waals surface area contributed by atoms with E-state index in [1.165, 1.54) is 18.2 Å². The van der Waals surface area contributed by atoms with Crippen LogP contribution in [-0.4, -0.2) is 15.1 Å². The molecule has 1 atom stereocenters. The van der Waals surface area contributed by atoms with Crippen LogP contribution in [0.2, 0.25) is 0 Å². The van der Waals surface area contributed by atoms with E-state index in [0.29, 0.717) is 0 Å². The molecule has 0 aliphatic rings. The summed E-state index contributed by atoms with van der Waals surface area (Å²) in [5, 5.41) is 9.94. The minimum atomic E-state index is -0.547. The Bertz CT molecular complexity index is 682. The van der Waals surface area contributed by atoms with E-state index in [9.17, 15) is 14.3 Å². The zero-order valence-corrected chi connectivity index (χ0v) is 11.2. The second-order valence-corrected chi connectivity index (χ2v) is 4.93. The summed E-state index contributed by atoms with van der Waals surface area (Å²) in [7, 11) is 0. The molecule has 2 rings (SSSR count). The van der Waals surface area contributed by atoms with Crippen LogP contribution in [0.1, 0.15) is 25.7 Å². The van der Waals surface area contributed by atoms with Crippen LogP contribution in [0, 0.1) is 11.7 Å². The Kier molecular flexibility index (Phi) is 3.85. The maximum Gasteiger partial charge on any atom is 0.262 e. The molecule has 0 aliphatic heterocycles. The minimum absolute atomic E-state index is 0.0533. The van der Waals surface area contributed by atoms with Crippen molar-refractivity contribution in [3.63, 3.8) is 0 Å². The lowest BCUT2D eigenvalue weighted by molar-refractivity contribution is 0.433. The van der Waals surface area contributed by atoms with Crippen LogP contribution < -0.4 is 11.3 Å². The van der Waals surface area contributed by atoms with E-state index in [2.05, 4.69) is 9.97 Å². The summed E-state index contributed by atoms with van der Waals surface area (Å²) in [4.78, 5) is 18.5. The summed E-state index contributed by atoms with van der Waals surface area (Å²) in [6, 6.07) is 4.91. The Morgan fingerprint density at radius 1 is 1.40 bits per heavy atom. The van der Waals surface area contributed by atoms with E-state index in [-0.39, 0.29) is 22.9 Å². The summed E-state index contributed by atoms with van der Waals surface area (Å²) in [5.41, 5.74) is 5.54. The number of benzene rings is 1. The molecular formula is C14H16FN3O2. The standard InChI is InChI=1S/C14H16FN3O2/c1-7(2)11(16)12-17-13(19)10(14(20)18-12)8-4-3-5-9(15)6-8/h3-7,11H,16H2,1-2H3,(H2,17,18,19,20). The summed E-state index contributed by atoms with van der Waals surface area (Å²) < 4.78 is 13.2. The van der Waals surface area contributed by atoms with Crippen molar-refractivity contribution in [3.8, 4) is 17.0 Å². The summed E-state index contributed by atoms with van der Waals surface area (Å²) in [6.45, 7) is 3.75. The topological polar surface area (TPSA) is 92.0 Å². The molecule has 106 valence electrons. The fourth-order valence-corrected chi connectivity index (χ4v) is 1.86. The van der Waals surface area contributed by atoms with Gasteiger partial charge in [-0.1, -0.05) is 26.0 Å². The van der Waals surface area contributed by atoms with Gasteiger partial charge in [0.25, 0.3) is 5.56 Å². The van der Waals surface area contributed by atoms with E-state index in [4.69, 9.17) is 5.73 Å². The Hall–Kier alpha value is -2.21. The molecule has 20 heavy (non-hydrogen) atoms. The van der Waals surface area contributed by atoms with Crippen LogP contribution in [0.4, 0.5) is 4.39 Å². The first-order valence-corrected chi connectivity index (χ1v) is 6.25. The third-order valence-corrected chi connectivity index (χ3v) is 3.07. The number of hydrogen-bond donors (Lipinski definition) is 3. The van der Waals surface area contributed by atoms with E-state index >= 15 is 0 Å². The lowest BCUT2D eigenvalue weighted by atomic mass is 10.0. The van der Waals surface area contributed by atoms with Gasteiger partial charge in [0.05, 0.1) is 6.04 Å². The highest BCUT2D eigenvalue weighted by molar-refractivity contribution is 5.67. The molecular weight excluding hydrogens is 261 g/mol. The Morgan fingerprint density at radius 2 is 2.10 bits per heavy atom. The second kappa shape index (κ2) is 5.42. The number of H-pyrrole nitrogens is 1. The van der Waals surface area contributed by atoms with Crippen LogP contribution in [0.3, 0.4) is 0 Å². The van der Waals surface area contributed by atoms with Gasteiger partial charge in [-0.25, -0.2) is 4.39 Å². The number of aromatic hydroxyl groups is 1. The number of halogens is 1. The fraction of sp³-hybridized carbons (Fsp3) is 0.286. The van der Waals surface area contributed by atoms with Gasteiger partial charge in [0.1, 0.15) is 17.2 Å². The largest absolute Gasteiger partial charge is 0.493 e. The van der Waals surface area contributed by atoms with Gasteiger partial charge < -0.3 is 15.8 Å². The van der Waals surface area contributed by atoms with Gasteiger partial charge in [0.15, 0.2) is 0 Å². The smallest absolute Gasteiger partial charge is 0.262 e. The van der Waals surface area contributed by atoms with Crippen LogP contribution in [-0.2, 0) is 0 Å². The first-order valence-electron chi connectivity index (χ1n) is 6.25. The average Bonchev–Trinajstić information content (AvgIpc) is 2.36. The van der Waals surface area contributed by atoms with Crippen molar-refractivity contribution in [1.29, 1.82) is 0 Å². The average molecular weight is 277 g/mol. The molecule has 0 aliphatic carbocycles. The van der Waals surface area contributed by atoms with Crippen LogP contribution >= 0.6 is 0 Å². The number of aromatic nitrogens is 2. The summed E-state index contributed by atoms with van der Waals surface area (Å²) in [6.07, 6.45) is 0. The minimum Gasteiger partial charge on any atom is -0.493 e. The number of nitrogens with two attached hydrogens (primary N) is 1. The molecule has 0 spiro atoms. The van der Waals surface area contributed by atoms with Crippen molar-refractivity contribution in [3.05, 3.63) is 46.3 Å². The molecule has 4 N–H and O–H groups in total. The van der Waals surface area contributed by atoms with Gasteiger partial charge in [-0.2, -0.15) is 4.98 Å². The molecule has 0 fully saturated rings. The first kappa shape index (κ1) is 14.2. The van der Waals surface area contributed by atoms with Gasteiger partial charge in [-0.05, 0) is 23.6 Å². The van der Waals surface area contributed by atoms with E-state index in [1.54, 1.807) is 0 Å². The summed E-state index contributed by atoms with van der Waals surface area (Å²) >= 11 is 0.